The molecule has 0 unspecified atom stereocenters. The first-order valence-electron chi connectivity index (χ1n) is 4.02. The normalized spacial score (nSPS) is 7.54. The van der Waals surface area contributed by atoms with Gasteiger partial charge in [-0.3, -0.25) is 4.79 Å². The molecule has 0 spiro atoms. The highest BCUT2D eigenvalue weighted by Crippen LogP contribution is 1.99. The van der Waals surface area contributed by atoms with Crippen molar-refractivity contribution >= 4 is 23.3 Å². The third-order valence-electron chi connectivity index (χ3n) is 1.17. The van der Waals surface area contributed by atoms with Crippen LogP contribution in [0.3, 0.4) is 0 Å². The van der Waals surface area contributed by atoms with E-state index in [1.807, 2.05) is 25.1 Å². The highest BCUT2D eigenvalue weighted by Gasteiger charge is 1.99. The van der Waals surface area contributed by atoms with Gasteiger partial charge in [-0.25, -0.2) is 0 Å². The number of carbonyl (C=O) groups is 1. The van der Waals surface area contributed by atoms with E-state index in [1.165, 1.54) is 0 Å². The van der Waals surface area contributed by atoms with Gasteiger partial charge in [-0.15, -0.1) is 0 Å². The SMILES string of the molecule is CC.O=C(N=C=S)c1ccccc1. The lowest BCUT2D eigenvalue weighted by molar-refractivity contribution is 0.100. The molecule has 0 aliphatic rings. The zero-order valence-corrected chi connectivity index (χ0v) is 8.47. The van der Waals surface area contributed by atoms with Crippen LogP contribution in [0.1, 0.15) is 24.2 Å². The van der Waals surface area contributed by atoms with Crippen molar-refractivity contribution < 1.29 is 4.79 Å². The number of hydrogen-bond acceptors (Lipinski definition) is 2. The molecule has 0 saturated heterocycles. The molecule has 13 heavy (non-hydrogen) atoms. The van der Waals surface area contributed by atoms with E-state index >= 15 is 0 Å². The molecular weight excluding hydrogens is 182 g/mol. The second-order valence-electron chi connectivity index (χ2n) is 1.87. The fraction of sp³-hybridized carbons (Fsp3) is 0.200. The third-order valence-corrected chi connectivity index (χ3v) is 1.26. The molecule has 0 radical (unpaired) electrons. The Morgan fingerprint density at radius 2 is 1.85 bits per heavy atom. The molecule has 0 N–H and O–H groups in total. The topological polar surface area (TPSA) is 29.4 Å². The van der Waals surface area contributed by atoms with Crippen LogP contribution in [0.15, 0.2) is 35.3 Å². The van der Waals surface area contributed by atoms with Gasteiger partial charge >= 0.3 is 0 Å². The predicted molar refractivity (Wildman–Crippen MR) is 57.1 cm³/mol. The molecule has 1 aromatic rings. The van der Waals surface area contributed by atoms with Crippen molar-refractivity contribution in [2.75, 3.05) is 0 Å². The van der Waals surface area contributed by atoms with Gasteiger partial charge < -0.3 is 0 Å². The molecule has 0 heterocycles. The second kappa shape index (κ2) is 7.35. The maximum absolute atomic E-state index is 10.9. The molecule has 0 atom stereocenters. The van der Waals surface area contributed by atoms with E-state index < -0.39 is 0 Å². The molecule has 68 valence electrons. The fourth-order valence-corrected chi connectivity index (χ4v) is 0.770. The van der Waals surface area contributed by atoms with Gasteiger partial charge in [0.1, 0.15) is 0 Å². The number of hydrogen-bond donors (Lipinski definition) is 0. The van der Waals surface area contributed by atoms with Crippen LogP contribution < -0.4 is 0 Å². The molecule has 1 aromatic carbocycles. The maximum Gasteiger partial charge on any atom is 0.285 e. The molecule has 3 heteroatoms. The number of aliphatic imine (C=N–C) groups is 1. The van der Waals surface area contributed by atoms with Crippen LogP contribution >= 0.6 is 12.2 Å². The molecule has 1 rings (SSSR count). The van der Waals surface area contributed by atoms with Crippen LogP contribution in [0, 0.1) is 0 Å². The lowest BCUT2D eigenvalue weighted by atomic mass is 10.2. The van der Waals surface area contributed by atoms with Crippen molar-refractivity contribution in [2.24, 2.45) is 4.99 Å². The van der Waals surface area contributed by atoms with Gasteiger partial charge in [0.15, 0.2) is 0 Å². The first-order chi connectivity index (χ1) is 6.34. The average Bonchev–Trinajstić information content (AvgIpc) is 2.23. The van der Waals surface area contributed by atoms with E-state index in [-0.39, 0.29) is 5.91 Å². The first-order valence-corrected chi connectivity index (χ1v) is 4.42. The third kappa shape index (κ3) is 4.31. The fourth-order valence-electron chi connectivity index (χ4n) is 0.687. The van der Waals surface area contributed by atoms with Crippen LogP contribution in [0.4, 0.5) is 0 Å². The minimum atomic E-state index is -0.347. The number of amides is 1. The zero-order chi connectivity index (χ0) is 10.1. The highest BCUT2D eigenvalue weighted by molar-refractivity contribution is 7.78. The van der Waals surface area contributed by atoms with Crippen molar-refractivity contribution in [3.63, 3.8) is 0 Å². The van der Waals surface area contributed by atoms with Crippen molar-refractivity contribution in [1.82, 2.24) is 0 Å². The number of nitrogens with zero attached hydrogens (tertiary/aromatic N) is 1. The highest BCUT2D eigenvalue weighted by atomic mass is 32.1. The number of thiocarbonyl (C=S) groups is 1. The van der Waals surface area contributed by atoms with E-state index in [9.17, 15) is 4.79 Å². The summed E-state index contributed by atoms with van der Waals surface area (Å²) in [4.78, 5) is 14.3. The van der Waals surface area contributed by atoms with Crippen LogP contribution in [0.5, 0.6) is 0 Å². The minimum absolute atomic E-state index is 0.347. The Hall–Kier alpha value is -1.31. The summed E-state index contributed by atoms with van der Waals surface area (Å²) in [5.41, 5.74) is 0.532. The standard InChI is InChI=1S/C8H5NOS.C2H6/c10-8(9-6-11)7-4-2-1-3-5-7;1-2/h1-5H;1-2H3. The van der Waals surface area contributed by atoms with E-state index in [2.05, 4.69) is 17.2 Å². The van der Waals surface area contributed by atoms with Crippen LogP contribution in [0.25, 0.3) is 0 Å². The van der Waals surface area contributed by atoms with Gasteiger partial charge in [-0.2, -0.15) is 4.99 Å². The summed E-state index contributed by atoms with van der Waals surface area (Å²) in [5, 5.41) is 2.02. The molecule has 0 fully saturated rings. The Morgan fingerprint density at radius 3 is 2.31 bits per heavy atom. The van der Waals surface area contributed by atoms with Crippen LogP contribution in [0.2, 0.25) is 0 Å². The summed E-state index contributed by atoms with van der Waals surface area (Å²) in [6.07, 6.45) is 0. The Bertz CT molecular complexity index is 302. The van der Waals surface area contributed by atoms with Crippen LogP contribution in [-0.2, 0) is 0 Å². The monoisotopic (exact) mass is 193 g/mol. The molecule has 0 bridgehead atoms. The smallest absolute Gasteiger partial charge is 0.266 e. The average molecular weight is 193 g/mol. The van der Waals surface area contributed by atoms with Gasteiger partial charge in [0.2, 0.25) is 0 Å². The van der Waals surface area contributed by atoms with Crippen molar-refractivity contribution in [3.8, 4) is 0 Å². The van der Waals surface area contributed by atoms with Crippen molar-refractivity contribution in [1.29, 1.82) is 0 Å². The van der Waals surface area contributed by atoms with Gasteiger partial charge in [-0.05, 0) is 24.4 Å². The molecular formula is C10H11NOS. The number of benzene rings is 1. The minimum Gasteiger partial charge on any atom is -0.266 e. The molecule has 0 saturated carbocycles. The Morgan fingerprint density at radius 1 is 1.31 bits per heavy atom. The molecule has 1 amide bonds. The second-order valence-corrected chi connectivity index (χ2v) is 2.06. The number of isothiocyanates is 1. The lowest BCUT2D eigenvalue weighted by Crippen LogP contribution is -1.91. The van der Waals surface area contributed by atoms with Crippen LogP contribution in [-0.4, -0.2) is 11.1 Å². The van der Waals surface area contributed by atoms with E-state index in [0.717, 1.165) is 0 Å². The first kappa shape index (κ1) is 11.7. The predicted octanol–water partition coefficient (Wildman–Crippen LogP) is 2.96. The Labute approximate surface area is 83.3 Å². The quantitative estimate of drug-likeness (QED) is 0.507. The molecule has 0 aliphatic heterocycles. The van der Waals surface area contributed by atoms with Crippen molar-refractivity contribution in [2.45, 2.75) is 13.8 Å². The zero-order valence-electron chi connectivity index (χ0n) is 7.65. The van der Waals surface area contributed by atoms with Gasteiger partial charge in [0, 0.05) is 5.56 Å². The van der Waals surface area contributed by atoms with Gasteiger partial charge in [0.25, 0.3) is 5.91 Å². The lowest BCUT2D eigenvalue weighted by Gasteiger charge is -1.89. The Kier molecular flexibility index (Phi) is 6.60. The van der Waals surface area contributed by atoms with E-state index in [1.54, 1.807) is 24.3 Å². The summed E-state index contributed by atoms with van der Waals surface area (Å²) in [7, 11) is 0. The summed E-state index contributed by atoms with van der Waals surface area (Å²) >= 11 is 4.29. The Balaban J connectivity index is 0.000000671. The molecule has 0 aromatic heterocycles. The summed E-state index contributed by atoms with van der Waals surface area (Å²) in [6.45, 7) is 4.00. The molecule has 0 aliphatic carbocycles. The number of carbonyl (C=O) groups excluding carboxylic acids is 1. The summed E-state index contributed by atoms with van der Waals surface area (Å²) in [5.74, 6) is -0.347. The van der Waals surface area contributed by atoms with E-state index in [0.29, 0.717) is 5.56 Å². The van der Waals surface area contributed by atoms with Gasteiger partial charge in [0.05, 0.1) is 5.16 Å². The summed E-state index contributed by atoms with van der Waals surface area (Å²) in [6, 6.07) is 8.73. The summed E-state index contributed by atoms with van der Waals surface area (Å²) < 4.78 is 0. The largest absolute Gasteiger partial charge is 0.285 e. The van der Waals surface area contributed by atoms with E-state index in [4.69, 9.17) is 0 Å². The maximum atomic E-state index is 10.9. The number of rotatable bonds is 1. The van der Waals surface area contributed by atoms with Crippen molar-refractivity contribution in [3.05, 3.63) is 35.9 Å². The molecule has 2 nitrogen and oxygen atoms in total. The van der Waals surface area contributed by atoms with Gasteiger partial charge in [-0.1, -0.05) is 32.0 Å².